The van der Waals surface area contributed by atoms with Gasteiger partial charge >= 0.3 is 5.97 Å². The zero-order valence-electron chi connectivity index (χ0n) is 13.0. The van der Waals surface area contributed by atoms with Crippen LogP contribution in [0.2, 0.25) is 10.0 Å². The number of esters is 1. The van der Waals surface area contributed by atoms with Crippen LogP contribution in [0.15, 0.2) is 28.7 Å². The molecule has 128 valence electrons. The number of hydrogen-bond acceptors (Lipinski definition) is 5. The molecular weight excluding hydrogens is 373 g/mol. The maximum atomic E-state index is 11.9. The van der Waals surface area contributed by atoms with Gasteiger partial charge in [0.15, 0.2) is 0 Å². The van der Waals surface area contributed by atoms with Gasteiger partial charge in [0.25, 0.3) is 0 Å². The van der Waals surface area contributed by atoms with E-state index in [1.165, 1.54) is 18.9 Å². The molecule has 0 saturated heterocycles. The highest BCUT2D eigenvalue weighted by molar-refractivity contribution is 7.99. The predicted molar refractivity (Wildman–Crippen MR) is 96.0 cm³/mol. The number of nitrogens with one attached hydrogen (secondary N) is 1. The lowest BCUT2D eigenvalue weighted by Gasteiger charge is -2.06. The van der Waals surface area contributed by atoms with Gasteiger partial charge in [-0.3, -0.25) is 4.79 Å². The zero-order valence-corrected chi connectivity index (χ0v) is 15.3. The van der Waals surface area contributed by atoms with Crippen LogP contribution in [0.1, 0.15) is 21.9 Å². The first kappa shape index (κ1) is 18.7. The topological polar surface area (TPSA) is 68.5 Å². The van der Waals surface area contributed by atoms with Crippen LogP contribution in [-0.4, -0.2) is 24.7 Å². The number of furan rings is 1. The second kappa shape index (κ2) is 8.46. The highest BCUT2D eigenvalue weighted by Gasteiger charge is 2.15. The Morgan fingerprint density at radius 3 is 2.50 bits per heavy atom. The van der Waals surface area contributed by atoms with Gasteiger partial charge in [0.2, 0.25) is 5.91 Å². The number of methoxy groups -OCH3 is 1. The fraction of sp³-hybridized carbons (Fsp3) is 0.250. The molecule has 1 heterocycles. The van der Waals surface area contributed by atoms with E-state index in [0.29, 0.717) is 38.6 Å². The largest absolute Gasteiger partial charge is 0.465 e. The van der Waals surface area contributed by atoms with E-state index in [0.717, 1.165) is 0 Å². The minimum absolute atomic E-state index is 0.185. The molecule has 0 spiro atoms. The van der Waals surface area contributed by atoms with Crippen molar-refractivity contribution in [3.05, 3.63) is 51.4 Å². The molecule has 2 aromatic rings. The van der Waals surface area contributed by atoms with Crippen molar-refractivity contribution in [2.75, 3.05) is 18.2 Å². The minimum atomic E-state index is -0.442. The summed E-state index contributed by atoms with van der Waals surface area (Å²) in [4.78, 5) is 23.4. The molecule has 1 N–H and O–H groups in total. The van der Waals surface area contributed by atoms with Crippen molar-refractivity contribution in [2.45, 2.75) is 12.7 Å². The van der Waals surface area contributed by atoms with Crippen molar-refractivity contribution < 1.29 is 18.7 Å². The molecule has 0 aliphatic carbocycles. The molecule has 1 amide bonds. The van der Waals surface area contributed by atoms with E-state index in [9.17, 15) is 9.59 Å². The molecule has 0 aliphatic rings. The Bertz CT molecular complexity index is 740. The highest BCUT2D eigenvalue weighted by Crippen LogP contribution is 2.23. The lowest BCUT2D eigenvalue weighted by molar-refractivity contribution is -0.113. The van der Waals surface area contributed by atoms with Crippen LogP contribution in [0.4, 0.5) is 5.69 Å². The van der Waals surface area contributed by atoms with Gasteiger partial charge in [-0.15, -0.1) is 11.8 Å². The van der Waals surface area contributed by atoms with Gasteiger partial charge < -0.3 is 14.5 Å². The molecule has 0 atom stereocenters. The zero-order chi connectivity index (χ0) is 17.7. The molecule has 0 aliphatic heterocycles. The normalized spacial score (nSPS) is 10.5. The van der Waals surface area contributed by atoms with Gasteiger partial charge in [0.1, 0.15) is 17.1 Å². The number of amides is 1. The molecule has 2 rings (SSSR count). The quantitative estimate of drug-likeness (QED) is 0.736. The Morgan fingerprint density at radius 2 is 1.88 bits per heavy atom. The first-order valence-corrected chi connectivity index (χ1v) is 8.81. The molecule has 0 fully saturated rings. The maximum absolute atomic E-state index is 11.9. The van der Waals surface area contributed by atoms with Crippen molar-refractivity contribution in [3.63, 3.8) is 0 Å². The van der Waals surface area contributed by atoms with Crippen LogP contribution >= 0.6 is 35.0 Å². The standard InChI is InChI=1S/C16H15Cl2NO4S/c1-9-14(16(21)22-2)6-13(23-9)7-24-8-15(20)19-12-4-10(17)3-11(18)5-12/h3-6H,7-8H2,1-2H3,(H,19,20). The summed E-state index contributed by atoms with van der Waals surface area (Å²) in [5.41, 5.74) is 0.936. The maximum Gasteiger partial charge on any atom is 0.341 e. The summed E-state index contributed by atoms with van der Waals surface area (Å²) in [6, 6.07) is 6.46. The van der Waals surface area contributed by atoms with E-state index in [1.54, 1.807) is 31.2 Å². The lowest BCUT2D eigenvalue weighted by atomic mass is 10.2. The van der Waals surface area contributed by atoms with E-state index >= 15 is 0 Å². The van der Waals surface area contributed by atoms with E-state index < -0.39 is 5.97 Å². The summed E-state index contributed by atoms with van der Waals surface area (Å²) < 4.78 is 10.1. The number of ether oxygens (including phenoxy) is 1. The number of aryl methyl sites for hydroxylation is 1. The van der Waals surface area contributed by atoms with Crippen LogP contribution in [0.25, 0.3) is 0 Å². The van der Waals surface area contributed by atoms with Gasteiger partial charge in [0.05, 0.1) is 18.6 Å². The molecule has 5 nitrogen and oxygen atoms in total. The van der Waals surface area contributed by atoms with Crippen LogP contribution in [0.5, 0.6) is 0 Å². The van der Waals surface area contributed by atoms with E-state index in [4.69, 9.17) is 27.6 Å². The fourth-order valence-electron chi connectivity index (χ4n) is 1.99. The number of carbonyl (C=O) groups excluding carboxylic acids is 2. The summed E-state index contributed by atoms with van der Waals surface area (Å²) in [7, 11) is 1.32. The molecule has 1 aromatic heterocycles. The third-order valence-electron chi connectivity index (χ3n) is 3.00. The molecule has 0 saturated carbocycles. The number of hydrogen-bond donors (Lipinski definition) is 1. The molecular formula is C16H15Cl2NO4S. The van der Waals surface area contributed by atoms with E-state index in [1.807, 2.05) is 0 Å². The summed E-state index contributed by atoms with van der Waals surface area (Å²) in [6.07, 6.45) is 0. The number of halogens is 2. The third kappa shape index (κ3) is 5.19. The van der Waals surface area contributed by atoms with Crippen molar-refractivity contribution in [1.29, 1.82) is 0 Å². The van der Waals surface area contributed by atoms with Gasteiger partial charge in [-0.2, -0.15) is 0 Å². The number of carbonyl (C=O) groups is 2. The number of thioether (sulfide) groups is 1. The molecule has 1 aromatic carbocycles. The second-order valence-corrected chi connectivity index (χ2v) is 6.73. The molecule has 0 unspecified atom stereocenters. The molecule has 24 heavy (non-hydrogen) atoms. The molecule has 8 heteroatoms. The summed E-state index contributed by atoms with van der Waals surface area (Å²) >= 11 is 13.1. The first-order chi connectivity index (χ1) is 11.4. The van der Waals surface area contributed by atoms with Crippen LogP contribution < -0.4 is 5.32 Å². The van der Waals surface area contributed by atoms with Crippen molar-refractivity contribution >= 4 is 52.5 Å². The smallest absolute Gasteiger partial charge is 0.341 e. The Kier molecular flexibility index (Phi) is 6.60. The first-order valence-electron chi connectivity index (χ1n) is 6.90. The van der Waals surface area contributed by atoms with Crippen molar-refractivity contribution in [2.24, 2.45) is 0 Å². The van der Waals surface area contributed by atoms with Gasteiger partial charge in [-0.1, -0.05) is 23.2 Å². The fourth-order valence-corrected chi connectivity index (χ4v) is 3.22. The molecule has 0 bridgehead atoms. The van der Waals surface area contributed by atoms with E-state index in [-0.39, 0.29) is 11.7 Å². The number of benzene rings is 1. The van der Waals surface area contributed by atoms with Crippen molar-refractivity contribution in [1.82, 2.24) is 0 Å². The van der Waals surface area contributed by atoms with Gasteiger partial charge in [-0.25, -0.2) is 4.79 Å². The second-order valence-electron chi connectivity index (χ2n) is 4.87. The average molecular weight is 388 g/mol. The minimum Gasteiger partial charge on any atom is -0.465 e. The Hall–Kier alpha value is -1.63. The van der Waals surface area contributed by atoms with Crippen LogP contribution in [0.3, 0.4) is 0 Å². The molecule has 0 radical (unpaired) electrons. The average Bonchev–Trinajstić information content (AvgIpc) is 2.86. The van der Waals surface area contributed by atoms with Crippen LogP contribution in [-0.2, 0) is 15.3 Å². The van der Waals surface area contributed by atoms with Crippen LogP contribution in [0, 0.1) is 6.92 Å². The predicted octanol–water partition coefficient (Wildman–Crippen LogP) is 4.55. The lowest BCUT2D eigenvalue weighted by Crippen LogP contribution is -2.14. The number of rotatable bonds is 6. The van der Waals surface area contributed by atoms with Gasteiger partial charge in [-0.05, 0) is 31.2 Å². The third-order valence-corrected chi connectivity index (χ3v) is 4.39. The van der Waals surface area contributed by atoms with Gasteiger partial charge in [0, 0.05) is 15.7 Å². The highest BCUT2D eigenvalue weighted by atomic mass is 35.5. The Labute approximate surface area is 153 Å². The summed E-state index contributed by atoms with van der Waals surface area (Å²) in [5.74, 6) is 1.16. The Morgan fingerprint density at radius 1 is 1.21 bits per heavy atom. The Balaban J connectivity index is 1.85. The number of anilines is 1. The SMILES string of the molecule is COC(=O)c1cc(CSCC(=O)Nc2cc(Cl)cc(Cl)c2)oc1C. The van der Waals surface area contributed by atoms with Crippen molar-refractivity contribution in [3.8, 4) is 0 Å². The van der Waals surface area contributed by atoms with E-state index in [2.05, 4.69) is 10.1 Å². The summed E-state index contributed by atoms with van der Waals surface area (Å²) in [5, 5.41) is 3.62. The monoisotopic (exact) mass is 387 g/mol. The summed E-state index contributed by atoms with van der Waals surface area (Å²) in [6.45, 7) is 1.69.